The smallest absolute Gasteiger partial charge is 0.294 e. The fourth-order valence-electron chi connectivity index (χ4n) is 2.40. The first-order chi connectivity index (χ1) is 10.3. The summed E-state index contributed by atoms with van der Waals surface area (Å²) in [6.07, 6.45) is 0. The van der Waals surface area contributed by atoms with Crippen LogP contribution >= 0.6 is 0 Å². The molecule has 0 saturated heterocycles. The van der Waals surface area contributed by atoms with E-state index in [1.54, 1.807) is 31.8 Å². The van der Waals surface area contributed by atoms with Crippen molar-refractivity contribution in [3.05, 3.63) is 33.3 Å². The lowest BCUT2D eigenvalue weighted by molar-refractivity contribution is -0.385. The number of carbonyl (C=O) groups is 1. The maximum atomic E-state index is 12.7. The molecule has 2 rings (SSSR count). The Balaban J connectivity index is 2.53. The van der Waals surface area contributed by atoms with Gasteiger partial charge in [-0.1, -0.05) is 0 Å². The van der Waals surface area contributed by atoms with Crippen molar-refractivity contribution in [3.8, 4) is 0 Å². The van der Waals surface area contributed by atoms with Gasteiger partial charge in [-0.2, -0.15) is 10.2 Å². The lowest BCUT2D eigenvalue weighted by Crippen LogP contribution is -2.30. The number of nitro groups is 1. The van der Waals surface area contributed by atoms with Crippen LogP contribution in [0.25, 0.3) is 0 Å². The Bertz CT molecular complexity index is 745. The van der Waals surface area contributed by atoms with Crippen LogP contribution in [0.5, 0.6) is 0 Å². The Kier molecular flexibility index (Phi) is 3.98. The van der Waals surface area contributed by atoms with Crippen molar-refractivity contribution in [1.29, 1.82) is 0 Å². The van der Waals surface area contributed by atoms with Crippen LogP contribution in [0, 0.1) is 24.0 Å². The van der Waals surface area contributed by atoms with Gasteiger partial charge in [0, 0.05) is 26.7 Å². The zero-order valence-corrected chi connectivity index (χ0v) is 13.2. The number of hydrogen-bond donors (Lipinski definition) is 0. The van der Waals surface area contributed by atoms with Crippen molar-refractivity contribution >= 4 is 17.4 Å². The Labute approximate surface area is 127 Å². The molecule has 0 aliphatic rings. The summed E-state index contributed by atoms with van der Waals surface area (Å²) in [7, 11) is 3.27. The molecule has 2 heterocycles. The highest BCUT2D eigenvalue weighted by Crippen LogP contribution is 2.26. The van der Waals surface area contributed by atoms with Crippen molar-refractivity contribution in [2.75, 3.05) is 11.9 Å². The molecule has 9 heteroatoms. The van der Waals surface area contributed by atoms with Gasteiger partial charge in [0.1, 0.15) is 11.5 Å². The summed E-state index contributed by atoms with van der Waals surface area (Å²) in [6, 6.07) is 1.74. The molecule has 2 aromatic rings. The van der Waals surface area contributed by atoms with Crippen molar-refractivity contribution in [1.82, 2.24) is 19.6 Å². The Hall–Kier alpha value is -2.71. The van der Waals surface area contributed by atoms with Crippen LogP contribution in [0.1, 0.15) is 28.8 Å². The summed E-state index contributed by atoms with van der Waals surface area (Å²) in [5.41, 5.74) is 0.709. The quantitative estimate of drug-likeness (QED) is 0.628. The topological polar surface area (TPSA) is 99.1 Å². The van der Waals surface area contributed by atoms with Crippen LogP contribution in [0.15, 0.2) is 6.07 Å². The van der Waals surface area contributed by atoms with E-state index in [1.807, 2.05) is 6.92 Å². The molecule has 0 spiro atoms. The molecule has 22 heavy (non-hydrogen) atoms. The summed E-state index contributed by atoms with van der Waals surface area (Å²) in [4.78, 5) is 24.8. The minimum Gasteiger partial charge on any atom is -0.294 e. The molecule has 2 aromatic heterocycles. The molecule has 0 N–H and O–H groups in total. The molecule has 0 aliphatic heterocycles. The lowest BCUT2D eigenvalue weighted by atomic mass is 10.2. The monoisotopic (exact) mass is 306 g/mol. The average molecular weight is 306 g/mol. The van der Waals surface area contributed by atoms with E-state index < -0.39 is 10.8 Å². The number of nitrogens with zero attached hydrogens (tertiary/aromatic N) is 6. The third-order valence-electron chi connectivity index (χ3n) is 3.41. The van der Waals surface area contributed by atoms with Gasteiger partial charge < -0.3 is 0 Å². The van der Waals surface area contributed by atoms with Crippen molar-refractivity contribution < 1.29 is 9.72 Å². The summed E-state index contributed by atoms with van der Waals surface area (Å²) in [6.45, 7) is 5.48. The van der Waals surface area contributed by atoms with Crippen LogP contribution in [0.2, 0.25) is 0 Å². The summed E-state index contributed by atoms with van der Waals surface area (Å²) in [5, 5.41) is 19.5. The van der Waals surface area contributed by atoms with Crippen molar-refractivity contribution in [2.24, 2.45) is 7.05 Å². The third-order valence-corrected chi connectivity index (χ3v) is 3.41. The van der Waals surface area contributed by atoms with Gasteiger partial charge in [-0.05, 0) is 20.8 Å². The van der Waals surface area contributed by atoms with Gasteiger partial charge in [-0.15, -0.1) is 0 Å². The van der Waals surface area contributed by atoms with Crippen LogP contribution in [-0.2, 0) is 13.6 Å². The Morgan fingerprint density at radius 2 is 2.05 bits per heavy atom. The molecule has 0 aliphatic carbocycles. The van der Waals surface area contributed by atoms with Gasteiger partial charge in [0.15, 0.2) is 0 Å². The minimum atomic E-state index is -0.565. The molecule has 0 atom stereocenters. The van der Waals surface area contributed by atoms with E-state index in [0.717, 1.165) is 5.69 Å². The number of carbonyl (C=O) groups excluding carboxylic acids is 1. The van der Waals surface area contributed by atoms with E-state index in [0.29, 0.717) is 12.4 Å². The van der Waals surface area contributed by atoms with Gasteiger partial charge in [0.2, 0.25) is 5.69 Å². The SMILES string of the molecule is CCn1nc(C)c([N+](=O)[O-])c1C(=O)N(C)c1cc(C)nn1C. The second-order valence-corrected chi connectivity index (χ2v) is 4.99. The molecule has 1 amide bonds. The first-order valence-electron chi connectivity index (χ1n) is 6.78. The van der Waals surface area contributed by atoms with Crippen LogP contribution in [0.4, 0.5) is 11.5 Å². The summed E-state index contributed by atoms with van der Waals surface area (Å²) < 4.78 is 2.91. The van der Waals surface area contributed by atoms with E-state index >= 15 is 0 Å². The predicted molar refractivity (Wildman–Crippen MR) is 80.0 cm³/mol. The van der Waals surface area contributed by atoms with Crippen LogP contribution in [-0.4, -0.2) is 37.4 Å². The number of amides is 1. The molecule has 0 saturated carbocycles. The highest BCUT2D eigenvalue weighted by molar-refractivity contribution is 6.07. The largest absolute Gasteiger partial charge is 0.322 e. The van der Waals surface area contributed by atoms with E-state index in [9.17, 15) is 14.9 Å². The first-order valence-corrected chi connectivity index (χ1v) is 6.78. The second kappa shape index (κ2) is 5.58. The third kappa shape index (κ3) is 2.45. The first kappa shape index (κ1) is 15.7. The number of aryl methyl sites for hydroxylation is 4. The van der Waals surface area contributed by atoms with Crippen molar-refractivity contribution in [3.63, 3.8) is 0 Å². The Morgan fingerprint density at radius 1 is 1.41 bits per heavy atom. The summed E-state index contributed by atoms with van der Waals surface area (Å²) >= 11 is 0. The zero-order valence-electron chi connectivity index (χ0n) is 13.2. The highest BCUT2D eigenvalue weighted by Gasteiger charge is 2.32. The fraction of sp³-hybridized carbons (Fsp3) is 0.462. The van der Waals surface area contributed by atoms with E-state index in [1.165, 1.54) is 16.5 Å². The molecule has 9 nitrogen and oxygen atoms in total. The molecule has 0 radical (unpaired) electrons. The van der Waals surface area contributed by atoms with Crippen molar-refractivity contribution in [2.45, 2.75) is 27.3 Å². The maximum absolute atomic E-state index is 12.7. The van der Waals surface area contributed by atoms with Gasteiger partial charge in [-0.25, -0.2) is 0 Å². The highest BCUT2D eigenvalue weighted by atomic mass is 16.6. The normalized spacial score (nSPS) is 10.8. The molecular formula is C13H18N6O3. The zero-order chi connectivity index (χ0) is 16.6. The lowest BCUT2D eigenvalue weighted by Gasteiger charge is -2.17. The van der Waals surface area contributed by atoms with E-state index in [-0.39, 0.29) is 17.1 Å². The second-order valence-electron chi connectivity index (χ2n) is 4.99. The molecule has 118 valence electrons. The molecule has 0 aromatic carbocycles. The van der Waals surface area contributed by atoms with E-state index in [2.05, 4.69) is 10.2 Å². The average Bonchev–Trinajstić information content (AvgIpc) is 2.96. The van der Waals surface area contributed by atoms with Gasteiger partial charge >= 0.3 is 5.69 Å². The number of rotatable bonds is 4. The molecule has 0 fully saturated rings. The van der Waals surface area contributed by atoms with Crippen LogP contribution in [0.3, 0.4) is 0 Å². The van der Waals surface area contributed by atoms with Gasteiger partial charge in [0.05, 0.1) is 10.6 Å². The molecular weight excluding hydrogens is 288 g/mol. The molecule has 0 bridgehead atoms. The minimum absolute atomic E-state index is 0.0219. The van der Waals surface area contributed by atoms with E-state index in [4.69, 9.17) is 0 Å². The number of hydrogen-bond acceptors (Lipinski definition) is 5. The summed E-state index contributed by atoms with van der Waals surface area (Å²) in [5.74, 6) is 0.0652. The molecule has 0 unspecified atom stereocenters. The fourth-order valence-corrected chi connectivity index (χ4v) is 2.40. The van der Waals surface area contributed by atoms with Gasteiger partial charge in [-0.3, -0.25) is 29.2 Å². The number of aromatic nitrogens is 4. The maximum Gasteiger partial charge on any atom is 0.322 e. The van der Waals surface area contributed by atoms with Gasteiger partial charge in [0.25, 0.3) is 5.91 Å². The van der Waals surface area contributed by atoms with Crippen LogP contribution < -0.4 is 4.90 Å². The number of anilines is 1. The standard InChI is InChI=1S/C13H18N6O3/c1-6-18-12(11(19(21)22)9(3)15-18)13(20)16(4)10-7-8(2)14-17(10)5/h7H,6H2,1-5H3. The predicted octanol–water partition coefficient (Wildman–Crippen LogP) is 1.44. The Morgan fingerprint density at radius 3 is 2.50 bits per heavy atom.